The summed E-state index contributed by atoms with van der Waals surface area (Å²) in [6, 6.07) is 13.2. The predicted molar refractivity (Wildman–Crippen MR) is 164 cm³/mol. The Labute approximate surface area is 256 Å². The normalized spacial score (nSPS) is 19.4. The molecule has 2 aliphatic rings. The summed E-state index contributed by atoms with van der Waals surface area (Å²) in [5, 5.41) is 9.90. The van der Waals surface area contributed by atoms with Crippen LogP contribution in [0.3, 0.4) is 0 Å². The summed E-state index contributed by atoms with van der Waals surface area (Å²) in [5.41, 5.74) is 4.16. The minimum atomic E-state index is -0.156. The summed E-state index contributed by atoms with van der Waals surface area (Å²) >= 11 is 0. The molecule has 0 saturated carbocycles. The lowest BCUT2D eigenvalue weighted by atomic mass is 10.0. The van der Waals surface area contributed by atoms with Gasteiger partial charge in [0.25, 0.3) is 5.91 Å². The molecule has 4 aromatic rings. The number of amides is 1. The molecule has 0 N–H and O–H groups in total. The van der Waals surface area contributed by atoms with Crippen molar-refractivity contribution in [1.82, 2.24) is 14.9 Å². The molecule has 2 saturated heterocycles. The van der Waals surface area contributed by atoms with Gasteiger partial charge in [-0.1, -0.05) is 13.0 Å². The monoisotopic (exact) mass is 596 g/mol. The summed E-state index contributed by atoms with van der Waals surface area (Å²) in [6.45, 7) is 4.65. The molecule has 0 radical (unpaired) electrons. The van der Waals surface area contributed by atoms with E-state index in [1.807, 2.05) is 35.2 Å². The van der Waals surface area contributed by atoms with Crippen molar-refractivity contribution >= 4 is 17.0 Å². The average Bonchev–Trinajstić information content (AvgIpc) is 3.41. The molecule has 0 spiro atoms. The minimum absolute atomic E-state index is 0.00210. The van der Waals surface area contributed by atoms with Crippen LogP contribution in [0.25, 0.3) is 33.6 Å². The second-order valence-electron chi connectivity index (χ2n) is 11.5. The first-order valence-corrected chi connectivity index (χ1v) is 15.0. The molecule has 10 nitrogen and oxygen atoms in total. The largest absolute Gasteiger partial charge is 0.496 e. The molecule has 1 aromatic carbocycles. The van der Waals surface area contributed by atoms with Crippen LogP contribution in [0.1, 0.15) is 48.7 Å². The molecule has 2 atom stereocenters. The van der Waals surface area contributed by atoms with Crippen molar-refractivity contribution in [2.75, 3.05) is 40.5 Å². The van der Waals surface area contributed by atoms with Crippen LogP contribution in [-0.4, -0.2) is 73.5 Å². The summed E-state index contributed by atoms with van der Waals surface area (Å²) in [5.74, 6) is 1.75. The van der Waals surface area contributed by atoms with Crippen molar-refractivity contribution in [3.05, 3.63) is 60.0 Å². The maximum atomic E-state index is 13.5. The Morgan fingerprint density at radius 3 is 2.59 bits per heavy atom. The van der Waals surface area contributed by atoms with E-state index in [2.05, 4.69) is 23.0 Å². The van der Waals surface area contributed by atoms with Crippen molar-refractivity contribution < 1.29 is 28.2 Å². The summed E-state index contributed by atoms with van der Waals surface area (Å²) in [7, 11) is 3.25. The third kappa shape index (κ3) is 6.11. The van der Waals surface area contributed by atoms with Gasteiger partial charge in [-0.25, -0.2) is 0 Å². The molecule has 5 heterocycles. The maximum Gasteiger partial charge on any atom is 0.272 e. The van der Waals surface area contributed by atoms with Crippen LogP contribution in [0.15, 0.2) is 53.2 Å². The van der Waals surface area contributed by atoms with Gasteiger partial charge in [0.2, 0.25) is 0 Å². The number of aromatic nitrogens is 2. The van der Waals surface area contributed by atoms with Crippen molar-refractivity contribution in [2.45, 2.75) is 44.8 Å². The van der Waals surface area contributed by atoms with Crippen molar-refractivity contribution in [2.24, 2.45) is 5.92 Å². The molecule has 1 amide bonds. The fourth-order valence-electron chi connectivity index (χ4n) is 5.94. The van der Waals surface area contributed by atoms with Gasteiger partial charge in [-0.3, -0.25) is 14.8 Å². The number of rotatable bonds is 7. The number of pyridine rings is 2. The second-order valence-corrected chi connectivity index (χ2v) is 11.5. The molecule has 2 aliphatic heterocycles. The number of ether oxygens (including phenoxy) is 4. The van der Waals surface area contributed by atoms with Gasteiger partial charge in [0.05, 0.1) is 37.6 Å². The van der Waals surface area contributed by atoms with E-state index in [0.29, 0.717) is 77.4 Å². The molecular weight excluding hydrogens is 560 g/mol. The maximum absolute atomic E-state index is 13.5. The van der Waals surface area contributed by atoms with Gasteiger partial charge in [0.1, 0.15) is 40.6 Å². The van der Waals surface area contributed by atoms with Crippen molar-refractivity contribution in [3.63, 3.8) is 0 Å². The Bertz CT molecular complexity index is 1690. The summed E-state index contributed by atoms with van der Waals surface area (Å²) in [4.78, 5) is 24.3. The van der Waals surface area contributed by atoms with Crippen LogP contribution in [0.5, 0.6) is 11.5 Å². The minimum Gasteiger partial charge on any atom is -0.496 e. The van der Waals surface area contributed by atoms with Gasteiger partial charge in [-0.15, -0.1) is 0 Å². The number of nitriles is 1. The van der Waals surface area contributed by atoms with E-state index in [1.165, 1.54) is 0 Å². The molecule has 10 heteroatoms. The number of nitrogens with zero attached hydrogens (tertiary/aromatic N) is 4. The van der Waals surface area contributed by atoms with Crippen LogP contribution >= 0.6 is 0 Å². The first kappa shape index (κ1) is 29.6. The Morgan fingerprint density at radius 1 is 0.977 bits per heavy atom. The molecule has 0 bridgehead atoms. The van der Waals surface area contributed by atoms with Crippen molar-refractivity contribution in [3.8, 4) is 40.0 Å². The SMILES string of the molecule is COc1cc(C(=O)N2CC(C)CCC(OC)C2)ncc1-c1cc2nccc(-c3ccc(OC4CCOCC4)c(C#N)c3)c2o1. The van der Waals surface area contributed by atoms with Crippen LogP contribution in [0, 0.1) is 17.2 Å². The van der Waals surface area contributed by atoms with Crippen LogP contribution in [-0.2, 0) is 9.47 Å². The van der Waals surface area contributed by atoms with E-state index in [-0.39, 0.29) is 18.1 Å². The van der Waals surface area contributed by atoms with Gasteiger partial charge < -0.3 is 28.3 Å². The zero-order valence-corrected chi connectivity index (χ0v) is 25.2. The fourth-order valence-corrected chi connectivity index (χ4v) is 5.94. The van der Waals surface area contributed by atoms with E-state index in [1.54, 1.807) is 32.7 Å². The van der Waals surface area contributed by atoms with Gasteiger partial charge in [-0.05, 0) is 42.5 Å². The predicted octanol–water partition coefficient (Wildman–Crippen LogP) is 5.88. The lowest BCUT2D eigenvalue weighted by molar-refractivity contribution is 0.0254. The molecule has 228 valence electrons. The Hall–Kier alpha value is -4.46. The number of hydrogen-bond donors (Lipinski definition) is 0. The highest BCUT2D eigenvalue weighted by molar-refractivity contribution is 5.95. The number of fused-ring (bicyclic) bond motifs is 1. The number of hydrogen-bond acceptors (Lipinski definition) is 9. The average molecular weight is 597 g/mol. The van der Waals surface area contributed by atoms with Gasteiger partial charge >= 0.3 is 0 Å². The second kappa shape index (κ2) is 13.0. The molecule has 6 rings (SSSR count). The number of carbonyl (C=O) groups excluding carboxylic acids is 1. The Morgan fingerprint density at radius 2 is 1.82 bits per heavy atom. The van der Waals surface area contributed by atoms with E-state index >= 15 is 0 Å². The summed E-state index contributed by atoms with van der Waals surface area (Å²) < 4.78 is 29.2. The third-order valence-electron chi connectivity index (χ3n) is 8.41. The fraction of sp³-hybridized carbons (Fsp3) is 0.412. The van der Waals surface area contributed by atoms with Crippen molar-refractivity contribution in [1.29, 1.82) is 5.26 Å². The van der Waals surface area contributed by atoms with E-state index in [9.17, 15) is 10.1 Å². The van der Waals surface area contributed by atoms with Crippen LogP contribution in [0.2, 0.25) is 0 Å². The van der Waals surface area contributed by atoms with Gasteiger partial charge in [0.15, 0.2) is 5.58 Å². The van der Waals surface area contributed by atoms with Gasteiger partial charge in [0, 0.05) is 63.1 Å². The molecule has 3 aromatic heterocycles. The lowest BCUT2D eigenvalue weighted by Crippen LogP contribution is -2.38. The van der Waals surface area contributed by atoms with E-state index in [4.69, 9.17) is 23.4 Å². The number of methoxy groups -OCH3 is 2. The lowest BCUT2D eigenvalue weighted by Gasteiger charge is -2.25. The molecule has 44 heavy (non-hydrogen) atoms. The standard InChI is InChI=1S/C34H36N4O6/c1-21-4-6-25(40-2)20-38(19-21)34(39)29-16-31(41-3)27(18-37-29)32-15-28-33(44-32)26(8-11-36-28)22-5-7-30(23(14-22)17-35)43-24-9-12-42-13-10-24/h5,7-8,11,14-16,18,21,24-25H,4,6,9-10,12-13,19-20H2,1-3H3. The molecule has 0 aliphatic carbocycles. The number of carbonyl (C=O) groups is 1. The zero-order chi connectivity index (χ0) is 30.6. The molecule has 2 fully saturated rings. The van der Waals surface area contributed by atoms with Crippen LogP contribution < -0.4 is 9.47 Å². The number of furan rings is 1. The zero-order valence-electron chi connectivity index (χ0n) is 25.2. The third-order valence-corrected chi connectivity index (χ3v) is 8.41. The highest BCUT2D eigenvalue weighted by atomic mass is 16.5. The molecular formula is C34H36N4O6. The van der Waals surface area contributed by atoms with E-state index in [0.717, 1.165) is 36.8 Å². The topological polar surface area (TPSA) is 120 Å². The number of likely N-dealkylation sites (tertiary alicyclic amines) is 1. The first-order chi connectivity index (χ1) is 21.5. The quantitative estimate of drug-likeness (QED) is 0.257. The first-order valence-electron chi connectivity index (χ1n) is 15.0. The highest BCUT2D eigenvalue weighted by Gasteiger charge is 2.28. The Kier molecular flexibility index (Phi) is 8.77. The Balaban J connectivity index is 1.29. The van der Waals surface area contributed by atoms with E-state index < -0.39 is 0 Å². The number of benzene rings is 1. The summed E-state index contributed by atoms with van der Waals surface area (Å²) in [6.07, 6.45) is 6.87. The van der Waals surface area contributed by atoms with Gasteiger partial charge in [-0.2, -0.15) is 5.26 Å². The molecule has 2 unspecified atom stereocenters. The smallest absolute Gasteiger partial charge is 0.272 e. The highest BCUT2D eigenvalue weighted by Crippen LogP contribution is 2.38. The van der Waals surface area contributed by atoms with Crippen LogP contribution in [0.4, 0.5) is 0 Å².